The Kier molecular flexibility index (Phi) is 3.71. The smallest absolute Gasteiger partial charge is 0.0501 e. The first kappa shape index (κ1) is 12.6. The molecule has 2 aliphatic rings. The molecule has 1 aromatic rings. The van der Waals surface area contributed by atoms with Crippen molar-refractivity contribution in [3.05, 3.63) is 21.9 Å². The first-order valence-electron chi connectivity index (χ1n) is 6.78. The fourth-order valence-corrected chi connectivity index (χ4v) is 3.98. The van der Waals surface area contributed by atoms with Crippen LogP contribution in [0.5, 0.6) is 0 Å². The maximum absolute atomic E-state index is 9.75. The number of ether oxygens (including phenoxy) is 1. The van der Waals surface area contributed by atoms with E-state index in [9.17, 15) is 5.11 Å². The second kappa shape index (κ2) is 5.29. The molecule has 4 heteroatoms. The zero-order valence-electron chi connectivity index (χ0n) is 10.7. The minimum Gasteiger partial charge on any atom is -0.396 e. The molecule has 1 fully saturated rings. The normalized spacial score (nSPS) is 23.8. The van der Waals surface area contributed by atoms with Gasteiger partial charge in [-0.2, -0.15) is 0 Å². The fourth-order valence-electron chi connectivity index (χ4n) is 3.09. The topological polar surface area (TPSA) is 32.7 Å². The van der Waals surface area contributed by atoms with E-state index in [2.05, 4.69) is 16.3 Å². The summed E-state index contributed by atoms with van der Waals surface area (Å²) in [5.74, 6) is 0. The Morgan fingerprint density at radius 3 is 3.00 bits per heavy atom. The minimum absolute atomic E-state index is 0.0752. The molecule has 0 atom stereocenters. The van der Waals surface area contributed by atoms with Gasteiger partial charge in [0.05, 0.1) is 6.61 Å². The van der Waals surface area contributed by atoms with E-state index in [4.69, 9.17) is 4.74 Å². The third-order valence-electron chi connectivity index (χ3n) is 4.33. The maximum atomic E-state index is 9.75. The van der Waals surface area contributed by atoms with E-state index in [-0.39, 0.29) is 5.41 Å². The van der Waals surface area contributed by atoms with Gasteiger partial charge in [0.1, 0.15) is 0 Å². The van der Waals surface area contributed by atoms with Crippen molar-refractivity contribution in [1.82, 2.24) is 4.90 Å². The highest BCUT2D eigenvalue weighted by atomic mass is 32.1. The standard InChI is InChI=1S/C14H21NO2S/c16-11-14(3-6-17-7-4-14)10-15-5-1-13-12(9-15)2-8-18-13/h2,8,16H,1,3-7,9-11H2. The number of hydrogen-bond acceptors (Lipinski definition) is 4. The van der Waals surface area contributed by atoms with Crippen LogP contribution in [0, 0.1) is 5.41 Å². The lowest BCUT2D eigenvalue weighted by molar-refractivity contribution is -0.0361. The average Bonchev–Trinajstić information content (AvgIpc) is 2.87. The molecule has 0 aromatic carbocycles. The van der Waals surface area contributed by atoms with Crippen LogP contribution in [-0.4, -0.2) is 42.9 Å². The molecule has 3 rings (SSSR count). The zero-order valence-corrected chi connectivity index (χ0v) is 11.5. The molecular formula is C14H21NO2S. The molecule has 2 aliphatic heterocycles. The SMILES string of the molecule is OCC1(CN2CCc3sccc3C2)CCOCC1. The Hall–Kier alpha value is -0.420. The molecule has 3 heterocycles. The number of thiophene rings is 1. The van der Waals surface area contributed by atoms with Crippen molar-refractivity contribution >= 4 is 11.3 Å². The van der Waals surface area contributed by atoms with Crippen molar-refractivity contribution in [3.63, 3.8) is 0 Å². The second-order valence-corrected chi connectivity index (χ2v) is 6.60. The lowest BCUT2D eigenvalue weighted by Crippen LogP contribution is -2.45. The third kappa shape index (κ3) is 2.48. The van der Waals surface area contributed by atoms with Crippen LogP contribution in [0.4, 0.5) is 0 Å². The monoisotopic (exact) mass is 267 g/mol. The summed E-state index contributed by atoms with van der Waals surface area (Å²) in [6.07, 6.45) is 3.16. The first-order valence-corrected chi connectivity index (χ1v) is 7.66. The third-order valence-corrected chi connectivity index (χ3v) is 5.36. The Bertz CT molecular complexity index is 398. The summed E-state index contributed by atoms with van der Waals surface area (Å²) in [5, 5.41) is 11.9. The van der Waals surface area contributed by atoms with Gasteiger partial charge in [-0.15, -0.1) is 11.3 Å². The molecule has 0 unspecified atom stereocenters. The van der Waals surface area contributed by atoms with Gasteiger partial charge in [-0.05, 0) is 36.3 Å². The van der Waals surface area contributed by atoms with Gasteiger partial charge in [0, 0.05) is 43.1 Å². The van der Waals surface area contributed by atoms with Crippen LogP contribution in [-0.2, 0) is 17.7 Å². The number of aliphatic hydroxyl groups is 1. The van der Waals surface area contributed by atoms with Gasteiger partial charge in [0.25, 0.3) is 0 Å². The number of fused-ring (bicyclic) bond motifs is 1. The molecule has 0 aliphatic carbocycles. The van der Waals surface area contributed by atoms with Gasteiger partial charge < -0.3 is 9.84 Å². The highest BCUT2D eigenvalue weighted by Crippen LogP contribution is 2.33. The highest BCUT2D eigenvalue weighted by molar-refractivity contribution is 7.10. The number of aliphatic hydroxyl groups excluding tert-OH is 1. The summed E-state index contributed by atoms with van der Waals surface area (Å²) in [5.41, 5.74) is 1.57. The molecule has 0 radical (unpaired) electrons. The van der Waals surface area contributed by atoms with Crippen molar-refractivity contribution in [1.29, 1.82) is 0 Å². The van der Waals surface area contributed by atoms with E-state index in [0.29, 0.717) is 6.61 Å². The van der Waals surface area contributed by atoms with Crippen LogP contribution < -0.4 is 0 Å². The molecule has 0 saturated carbocycles. The van der Waals surface area contributed by atoms with Crippen molar-refractivity contribution in [2.45, 2.75) is 25.8 Å². The van der Waals surface area contributed by atoms with E-state index in [1.54, 1.807) is 4.88 Å². The van der Waals surface area contributed by atoms with Crippen LogP contribution in [0.25, 0.3) is 0 Å². The lowest BCUT2D eigenvalue weighted by Gasteiger charge is -2.40. The van der Waals surface area contributed by atoms with Crippen LogP contribution >= 0.6 is 11.3 Å². The van der Waals surface area contributed by atoms with Gasteiger partial charge in [-0.25, -0.2) is 0 Å². The molecule has 1 aromatic heterocycles. The molecule has 100 valence electrons. The Labute approximate surface area is 112 Å². The Morgan fingerprint density at radius 2 is 2.22 bits per heavy atom. The van der Waals surface area contributed by atoms with Gasteiger partial charge in [-0.3, -0.25) is 4.90 Å². The summed E-state index contributed by atoms with van der Waals surface area (Å²) in [4.78, 5) is 4.06. The van der Waals surface area contributed by atoms with Crippen molar-refractivity contribution < 1.29 is 9.84 Å². The fraction of sp³-hybridized carbons (Fsp3) is 0.714. The first-order chi connectivity index (χ1) is 8.81. The van der Waals surface area contributed by atoms with Gasteiger partial charge in [0.2, 0.25) is 0 Å². The summed E-state index contributed by atoms with van der Waals surface area (Å²) in [6, 6.07) is 2.25. The van der Waals surface area contributed by atoms with E-state index in [1.165, 1.54) is 12.0 Å². The van der Waals surface area contributed by atoms with E-state index in [0.717, 1.165) is 45.7 Å². The molecule has 3 nitrogen and oxygen atoms in total. The van der Waals surface area contributed by atoms with Gasteiger partial charge in [-0.1, -0.05) is 0 Å². The lowest BCUT2D eigenvalue weighted by atomic mass is 9.80. The molecule has 0 bridgehead atoms. The van der Waals surface area contributed by atoms with E-state index >= 15 is 0 Å². The second-order valence-electron chi connectivity index (χ2n) is 5.60. The van der Waals surface area contributed by atoms with E-state index in [1.807, 2.05) is 11.3 Å². The molecular weight excluding hydrogens is 246 g/mol. The maximum Gasteiger partial charge on any atom is 0.0501 e. The summed E-state index contributed by atoms with van der Waals surface area (Å²) in [7, 11) is 0. The molecule has 0 spiro atoms. The minimum atomic E-state index is 0.0752. The number of nitrogens with zero attached hydrogens (tertiary/aromatic N) is 1. The Balaban J connectivity index is 1.66. The average molecular weight is 267 g/mol. The molecule has 1 saturated heterocycles. The van der Waals surface area contributed by atoms with E-state index < -0.39 is 0 Å². The van der Waals surface area contributed by atoms with Gasteiger partial charge >= 0.3 is 0 Å². The van der Waals surface area contributed by atoms with Crippen LogP contribution in [0.1, 0.15) is 23.3 Å². The molecule has 0 amide bonds. The van der Waals surface area contributed by atoms with Crippen LogP contribution in [0.15, 0.2) is 11.4 Å². The van der Waals surface area contributed by atoms with Crippen molar-refractivity contribution in [3.8, 4) is 0 Å². The van der Waals surface area contributed by atoms with Crippen molar-refractivity contribution in [2.24, 2.45) is 5.41 Å². The highest BCUT2D eigenvalue weighted by Gasteiger charge is 2.34. The molecule has 18 heavy (non-hydrogen) atoms. The number of hydrogen-bond donors (Lipinski definition) is 1. The molecule has 1 N–H and O–H groups in total. The largest absolute Gasteiger partial charge is 0.396 e. The quantitative estimate of drug-likeness (QED) is 0.908. The number of rotatable bonds is 3. The predicted molar refractivity (Wildman–Crippen MR) is 72.9 cm³/mol. The van der Waals surface area contributed by atoms with Gasteiger partial charge in [0.15, 0.2) is 0 Å². The Morgan fingerprint density at radius 1 is 1.39 bits per heavy atom. The van der Waals surface area contributed by atoms with Crippen LogP contribution in [0.3, 0.4) is 0 Å². The zero-order chi connectivity index (χ0) is 12.4. The summed E-state index contributed by atoms with van der Waals surface area (Å²) < 4.78 is 5.43. The van der Waals surface area contributed by atoms with Crippen molar-refractivity contribution in [2.75, 3.05) is 32.9 Å². The summed E-state index contributed by atoms with van der Waals surface area (Å²) in [6.45, 7) is 5.11. The summed E-state index contributed by atoms with van der Waals surface area (Å²) >= 11 is 1.88. The predicted octanol–water partition coefficient (Wildman–Crippen LogP) is 1.90. The van der Waals surface area contributed by atoms with Crippen LogP contribution in [0.2, 0.25) is 0 Å².